The van der Waals surface area contributed by atoms with E-state index < -0.39 is 34.4 Å². The molecule has 0 spiro atoms. The van der Waals surface area contributed by atoms with Crippen molar-refractivity contribution in [3.63, 3.8) is 0 Å². The molecule has 4 heteroatoms. The van der Waals surface area contributed by atoms with E-state index in [1.165, 1.54) is 12.2 Å². The summed E-state index contributed by atoms with van der Waals surface area (Å²) in [5, 5.41) is 0. The minimum Gasteiger partial charge on any atom is -0.203 e. The summed E-state index contributed by atoms with van der Waals surface area (Å²) < 4.78 is 52.3. The highest BCUT2D eigenvalue weighted by Gasteiger charge is 2.21. The first kappa shape index (κ1) is 11.8. The lowest BCUT2D eigenvalue weighted by Crippen LogP contribution is -2.05. The Bertz CT molecular complexity index is 379. The maximum atomic E-state index is 13.2. The fraction of sp³-hybridized carbons (Fsp3) is 0.182. The fourth-order valence-electron chi connectivity index (χ4n) is 1.14. The van der Waals surface area contributed by atoms with E-state index in [0.717, 1.165) is 0 Å². The molecule has 0 aromatic heterocycles. The van der Waals surface area contributed by atoms with Crippen molar-refractivity contribution in [3.8, 4) is 0 Å². The minimum atomic E-state index is -1.44. The third kappa shape index (κ3) is 2.03. The number of benzene rings is 1. The summed E-state index contributed by atoms with van der Waals surface area (Å²) in [5.74, 6) is -5.63. The topological polar surface area (TPSA) is 0 Å². The Kier molecular flexibility index (Phi) is 3.50. The summed E-state index contributed by atoms with van der Waals surface area (Å²) in [7, 11) is 0. The van der Waals surface area contributed by atoms with Gasteiger partial charge in [-0.1, -0.05) is 12.2 Å². The van der Waals surface area contributed by atoms with E-state index >= 15 is 0 Å². The van der Waals surface area contributed by atoms with Crippen LogP contribution in [0.15, 0.2) is 12.2 Å². The summed E-state index contributed by atoms with van der Waals surface area (Å²) in [6.45, 7) is 4.55. The van der Waals surface area contributed by atoms with E-state index in [2.05, 4.69) is 6.92 Å². The molecule has 1 rings (SSSR count). The Morgan fingerprint density at radius 3 is 1.87 bits per heavy atom. The normalized spacial score (nSPS) is 11.3. The van der Waals surface area contributed by atoms with Crippen LogP contribution in [0.1, 0.15) is 18.1 Å². The molecule has 0 fully saturated rings. The molecule has 0 aliphatic heterocycles. The quantitative estimate of drug-likeness (QED) is 0.403. The monoisotopic (exact) mass is 217 g/mol. The van der Waals surface area contributed by atoms with Crippen LogP contribution in [0.4, 0.5) is 17.6 Å². The molecular formula is C11H9F4. The van der Waals surface area contributed by atoms with Gasteiger partial charge in [0.1, 0.15) is 0 Å². The standard InChI is InChI=1S/C11H9F4/c1-3-4-5-7-10(14)8(12)6(2)9(13)11(7)15/h3-4H,2,5H2,1H3. The van der Waals surface area contributed by atoms with Gasteiger partial charge in [0, 0.05) is 11.1 Å². The van der Waals surface area contributed by atoms with Crippen LogP contribution in [0, 0.1) is 30.2 Å². The van der Waals surface area contributed by atoms with Crippen molar-refractivity contribution in [1.29, 1.82) is 0 Å². The number of rotatable bonds is 2. The smallest absolute Gasteiger partial charge is 0.165 e. The van der Waals surface area contributed by atoms with E-state index in [1.54, 1.807) is 6.92 Å². The molecule has 1 aromatic rings. The summed E-state index contributed by atoms with van der Waals surface area (Å²) in [6, 6.07) is 0. The van der Waals surface area contributed by atoms with Crippen LogP contribution in [0.25, 0.3) is 0 Å². The first-order valence-electron chi connectivity index (χ1n) is 4.28. The number of halogens is 4. The third-order valence-corrected chi connectivity index (χ3v) is 2.00. The van der Waals surface area contributed by atoms with E-state index in [4.69, 9.17) is 0 Å². The van der Waals surface area contributed by atoms with Gasteiger partial charge in [0.15, 0.2) is 23.3 Å². The zero-order valence-electron chi connectivity index (χ0n) is 8.08. The molecule has 0 aliphatic rings. The van der Waals surface area contributed by atoms with Crippen molar-refractivity contribution in [2.24, 2.45) is 0 Å². The lowest BCUT2D eigenvalue weighted by atomic mass is 10.1. The number of hydrogen-bond acceptors (Lipinski definition) is 0. The van der Waals surface area contributed by atoms with Gasteiger partial charge in [-0.25, -0.2) is 17.6 Å². The highest BCUT2D eigenvalue weighted by Crippen LogP contribution is 2.23. The van der Waals surface area contributed by atoms with E-state index in [0.29, 0.717) is 0 Å². The zero-order valence-corrected chi connectivity index (χ0v) is 8.08. The van der Waals surface area contributed by atoms with Gasteiger partial charge < -0.3 is 0 Å². The maximum Gasteiger partial charge on any atom is 0.165 e. The SMILES string of the molecule is [CH2]c1c(F)c(F)c(CC=CC)c(F)c1F. The molecular weight excluding hydrogens is 208 g/mol. The average molecular weight is 217 g/mol. The summed E-state index contributed by atoms with van der Waals surface area (Å²) in [5.41, 5.74) is -1.50. The second-order valence-corrected chi connectivity index (χ2v) is 2.99. The highest BCUT2D eigenvalue weighted by atomic mass is 19.2. The molecule has 0 N–H and O–H groups in total. The number of allylic oxidation sites excluding steroid dienone is 2. The molecule has 0 atom stereocenters. The van der Waals surface area contributed by atoms with Gasteiger partial charge >= 0.3 is 0 Å². The summed E-state index contributed by atoms with van der Waals surface area (Å²) in [4.78, 5) is 0. The predicted molar refractivity (Wildman–Crippen MR) is 49.3 cm³/mol. The van der Waals surface area contributed by atoms with Crippen molar-refractivity contribution < 1.29 is 17.6 Å². The molecule has 0 saturated carbocycles. The molecule has 0 aliphatic carbocycles. The van der Waals surface area contributed by atoms with Crippen LogP contribution in [0.2, 0.25) is 0 Å². The molecule has 0 unspecified atom stereocenters. The van der Waals surface area contributed by atoms with E-state index in [9.17, 15) is 17.6 Å². The van der Waals surface area contributed by atoms with Gasteiger partial charge in [-0.3, -0.25) is 0 Å². The first-order valence-corrected chi connectivity index (χ1v) is 4.28. The second kappa shape index (κ2) is 4.47. The van der Waals surface area contributed by atoms with Gasteiger partial charge in [-0.15, -0.1) is 0 Å². The Balaban J connectivity index is 3.38. The number of hydrogen-bond donors (Lipinski definition) is 0. The van der Waals surface area contributed by atoms with Crippen LogP contribution in [0.5, 0.6) is 0 Å². The summed E-state index contributed by atoms with van der Waals surface area (Å²) in [6.07, 6.45) is 2.75. The second-order valence-electron chi connectivity index (χ2n) is 2.99. The predicted octanol–water partition coefficient (Wildman–Crippen LogP) is 3.54. The Morgan fingerprint density at radius 1 is 1.00 bits per heavy atom. The van der Waals surface area contributed by atoms with Crippen molar-refractivity contribution in [2.75, 3.05) is 0 Å². The molecule has 0 nitrogen and oxygen atoms in total. The Morgan fingerprint density at radius 2 is 1.47 bits per heavy atom. The van der Waals surface area contributed by atoms with Gasteiger partial charge in [-0.05, 0) is 20.3 Å². The molecule has 81 valence electrons. The van der Waals surface area contributed by atoms with Crippen LogP contribution in [0.3, 0.4) is 0 Å². The Labute approximate surface area is 85.2 Å². The maximum absolute atomic E-state index is 13.2. The molecule has 1 radical (unpaired) electrons. The largest absolute Gasteiger partial charge is 0.203 e. The molecule has 1 aromatic carbocycles. The van der Waals surface area contributed by atoms with Gasteiger partial charge in [0.25, 0.3) is 0 Å². The minimum absolute atomic E-state index is 0.192. The van der Waals surface area contributed by atoms with Crippen molar-refractivity contribution in [2.45, 2.75) is 13.3 Å². The van der Waals surface area contributed by atoms with E-state index in [1.807, 2.05) is 0 Å². The van der Waals surface area contributed by atoms with Crippen LogP contribution >= 0.6 is 0 Å². The molecule has 0 saturated heterocycles. The van der Waals surface area contributed by atoms with Gasteiger partial charge in [0.05, 0.1) is 0 Å². The molecule has 15 heavy (non-hydrogen) atoms. The van der Waals surface area contributed by atoms with Crippen LogP contribution in [-0.4, -0.2) is 0 Å². The van der Waals surface area contributed by atoms with Gasteiger partial charge in [0.2, 0.25) is 0 Å². The van der Waals surface area contributed by atoms with Crippen molar-refractivity contribution in [3.05, 3.63) is 53.5 Å². The van der Waals surface area contributed by atoms with E-state index in [-0.39, 0.29) is 6.42 Å². The lowest BCUT2D eigenvalue weighted by Gasteiger charge is -2.07. The molecule has 0 bridgehead atoms. The van der Waals surface area contributed by atoms with Crippen molar-refractivity contribution >= 4 is 0 Å². The molecule has 0 heterocycles. The Hall–Kier alpha value is -1.32. The average Bonchev–Trinajstić information content (AvgIpc) is 2.24. The fourth-order valence-corrected chi connectivity index (χ4v) is 1.14. The lowest BCUT2D eigenvalue weighted by molar-refractivity contribution is 0.437. The third-order valence-electron chi connectivity index (χ3n) is 2.00. The first-order chi connectivity index (χ1) is 7.00. The van der Waals surface area contributed by atoms with Crippen molar-refractivity contribution in [1.82, 2.24) is 0 Å². The van der Waals surface area contributed by atoms with Crippen LogP contribution < -0.4 is 0 Å². The van der Waals surface area contributed by atoms with Gasteiger partial charge in [-0.2, -0.15) is 0 Å². The van der Waals surface area contributed by atoms with Crippen LogP contribution in [-0.2, 0) is 6.42 Å². The molecule has 0 amide bonds. The summed E-state index contributed by atoms with van der Waals surface area (Å²) >= 11 is 0. The highest BCUT2D eigenvalue weighted by molar-refractivity contribution is 5.32. The zero-order chi connectivity index (χ0) is 11.6.